The van der Waals surface area contributed by atoms with E-state index in [0.717, 1.165) is 26.2 Å². The fraction of sp³-hybridized carbons (Fsp3) is 0.542. The molecule has 0 radical (unpaired) electrons. The number of piperidine rings is 1. The quantitative estimate of drug-likeness (QED) is 0.852. The number of hydrogen-bond donors (Lipinski definition) is 1. The van der Waals surface area contributed by atoms with Crippen LogP contribution in [0.1, 0.15) is 43.2 Å². The Labute approximate surface area is 170 Å². The summed E-state index contributed by atoms with van der Waals surface area (Å²) in [6.45, 7) is 7.89. The van der Waals surface area contributed by atoms with Crippen LogP contribution in [0.2, 0.25) is 0 Å². The Morgan fingerprint density at radius 2 is 1.89 bits per heavy atom. The van der Waals surface area contributed by atoms with Crippen LogP contribution in [0.5, 0.6) is 0 Å². The number of rotatable bonds is 5. The molecule has 4 nitrogen and oxygen atoms in total. The van der Waals surface area contributed by atoms with Crippen molar-refractivity contribution in [2.45, 2.75) is 57.7 Å². The Balaban J connectivity index is 1.28. The lowest BCUT2D eigenvalue weighted by Crippen LogP contribution is -2.49. The number of aryl methyl sites for hydroxylation is 1. The van der Waals surface area contributed by atoms with Crippen molar-refractivity contribution in [3.63, 3.8) is 0 Å². The number of hydrogen-bond acceptors (Lipinski definition) is 4. The van der Waals surface area contributed by atoms with Crippen molar-refractivity contribution in [1.82, 2.24) is 15.2 Å². The highest BCUT2D eigenvalue weighted by molar-refractivity contribution is 5.48. The Kier molecular flexibility index (Phi) is 6.61. The van der Waals surface area contributed by atoms with Gasteiger partial charge in [0.2, 0.25) is 0 Å². The number of aromatic nitrogens is 1. The fourth-order valence-electron chi connectivity index (χ4n) is 4.71. The summed E-state index contributed by atoms with van der Waals surface area (Å²) in [5.74, 6) is 0. The molecule has 1 aromatic carbocycles. The van der Waals surface area contributed by atoms with Gasteiger partial charge in [-0.25, -0.2) is 0 Å². The van der Waals surface area contributed by atoms with Crippen molar-refractivity contribution in [3.05, 3.63) is 59.9 Å². The highest BCUT2D eigenvalue weighted by Gasteiger charge is 2.24. The maximum Gasteiger partial charge on any atom is 0.0368 e. The third kappa shape index (κ3) is 5.33. The molecule has 3 heterocycles. The summed E-state index contributed by atoms with van der Waals surface area (Å²) in [5.41, 5.74) is 4.06. The van der Waals surface area contributed by atoms with E-state index in [1.165, 1.54) is 55.5 Å². The molecule has 0 unspecified atom stereocenters. The first-order valence-electron chi connectivity index (χ1n) is 11.0. The molecule has 28 heavy (non-hydrogen) atoms. The van der Waals surface area contributed by atoms with Gasteiger partial charge in [0, 0.05) is 56.3 Å². The van der Waals surface area contributed by atoms with Gasteiger partial charge in [0.05, 0.1) is 0 Å². The third-order valence-corrected chi connectivity index (χ3v) is 6.22. The number of pyridine rings is 1. The topological polar surface area (TPSA) is 31.4 Å². The Hall–Kier alpha value is -1.91. The van der Waals surface area contributed by atoms with Crippen LogP contribution in [0.15, 0.2) is 48.8 Å². The molecule has 0 amide bonds. The van der Waals surface area contributed by atoms with Crippen molar-refractivity contribution < 1.29 is 0 Å². The second-order valence-electron chi connectivity index (χ2n) is 8.56. The van der Waals surface area contributed by atoms with Gasteiger partial charge in [-0.05, 0) is 68.5 Å². The van der Waals surface area contributed by atoms with Gasteiger partial charge in [0.15, 0.2) is 0 Å². The predicted octanol–water partition coefficient (Wildman–Crippen LogP) is 4.00. The number of anilines is 1. The normalized spacial score (nSPS) is 22.2. The van der Waals surface area contributed by atoms with Gasteiger partial charge >= 0.3 is 0 Å². The zero-order valence-electron chi connectivity index (χ0n) is 17.2. The lowest BCUT2D eigenvalue weighted by molar-refractivity contribution is 0.236. The zero-order chi connectivity index (χ0) is 19.2. The molecule has 1 aromatic heterocycles. The summed E-state index contributed by atoms with van der Waals surface area (Å²) >= 11 is 0. The molecule has 0 saturated carbocycles. The summed E-state index contributed by atoms with van der Waals surface area (Å²) in [5, 5.41) is 4.01. The molecule has 4 heteroatoms. The lowest BCUT2D eigenvalue weighted by Gasteiger charge is -2.36. The van der Waals surface area contributed by atoms with E-state index in [1.54, 1.807) is 0 Å². The SMILES string of the molecule is Cc1cccc(N2CCC(N[C@@H]3CCCCN(Cc4cccnc4)C3)CC2)c1. The Morgan fingerprint density at radius 3 is 2.68 bits per heavy atom. The largest absolute Gasteiger partial charge is 0.371 e. The maximum absolute atomic E-state index is 4.28. The molecule has 150 valence electrons. The van der Waals surface area contributed by atoms with Gasteiger partial charge in [0.1, 0.15) is 0 Å². The molecule has 2 aliphatic rings. The van der Waals surface area contributed by atoms with E-state index >= 15 is 0 Å². The van der Waals surface area contributed by atoms with Crippen LogP contribution < -0.4 is 10.2 Å². The minimum Gasteiger partial charge on any atom is -0.371 e. The second kappa shape index (κ2) is 9.53. The van der Waals surface area contributed by atoms with Crippen molar-refractivity contribution in [3.8, 4) is 0 Å². The zero-order valence-corrected chi connectivity index (χ0v) is 17.2. The van der Waals surface area contributed by atoms with Crippen LogP contribution in [0, 0.1) is 6.92 Å². The van der Waals surface area contributed by atoms with Gasteiger partial charge in [-0.1, -0.05) is 24.6 Å². The summed E-state index contributed by atoms with van der Waals surface area (Å²) in [4.78, 5) is 9.44. The smallest absolute Gasteiger partial charge is 0.0368 e. The summed E-state index contributed by atoms with van der Waals surface area (Å²) in [6, 6.07) is 14.4. The predicted molar refractivity (Wildman–Crippen MR) is 117 cm³/mol. The highest BCUT2D eigenvalue weighted by atomic mass is 15.2. The van der Waals surface area contributed by atoms with Crippen molar-refractivity contribution in [2.24, 2.45) is 0 Å². The summed E-state index contributed by atoms with van der Waals surface area (Å²) in [6.07, 6.45) is 10.3. The summed E-state index contributed by atoms with van der Waals surface area (Å²) < 4.78 is 0. The van der Waals surface area contributed by atoms with E-state index in [4.69, 9.17) is 0 Å². The maximum atomic E-state index is 4.28. The van der Waals surface area contributed by atoms with Crippen LogP contribution in [0.3, 0.4) is 0 Å². The van der Waals surface area contributed by atoms with Crippen LogP contribution in [-0.2, 0) is 6.54 Å². The Bertz CT molecular complexity index is 724. The van der Waals surface area contributed by atoms with Gasteiger partial charge in [-0.2, -0.15) is 0 Å². The van der Waals surface area contributed by atoms with Crippen molar-refractivity contribution in [2.75, 3.05) is 31.1 Å². The molecule has 4 rings (SSSR count). The van der Waals surface area contributed by atoms with Crippen LogP contribution in [-0.4, -0.2) is 48.1 Å². The van der Waals surface area contributed by atoms with Gasteiger partial charge < -0.3 is 10.2 Å². The van der Waals surface area contributed by atoms with E-state index in [-0.39, 0.29) is 0 Å². The average Bonchev–Trinajstić information content (AvgIpc) is 2.94. The van der Waals surface area contributed by atoms with Crippen molar-refractivity contribution in [1.29, 1.82) is 0 Å². The molecule has 2 aliphatic heterocycles. The van der Waals surface area contributed by atoms with E-state index in [2.05, 4.69) is 57.4 Å². The Morgan fingerprint density at radius 1 is 1.00 bits per heavy atom. The highest BCUT2D eigenvalue weighted by Crippen LogP contribution is 2.22. The molecule has 2 fully saturated rings. The number of benzene rings is 1. The number of nitrogens with one attached hydrogen (secondary N) is 1. The van der Waals surface area contributed by atoms with Crippen molar-refractivity contribution >= 4 is 5.69 Å². The number of likely N-dealkylation sites (tertiary alicyclic amines) is 1. The molecule has 0 spiro atoms. The van der Waals surface area contributed by atoms with E-state index in [1.807, 2.05) is 18.5 Å². The lowest BCUT2D eigenvalue weighted by atomic mass is 10.0. The molecular formula is C24H34N4. The minimum absolute atomic E-state index is 0.620. The van der Waals surface area contributed by atoms with Gasteiger partial charge in [-0.3, -0.25) is 9.88 Å². The molecule has 0 aliphatic carbocycles. The van der Waals surface area contributed by atoms with Crippen LogP contribution >= 0.6 is 0 Å². The van der Waals surface area contributed by atoms with Crippen LogP contribution in [0.25, 0.3) is 0 Å². The molecule has 2 saturated heterocycles. The molecule has 2 aromatic rings. The number of nitrogens with zero attached hydrogens (tertiary/aromatic N) is 3. The molecule has 1 N–H and O–H groups in total. The first kappa shape index (κ1) is 19.4. The van der Waals surface area contributed by atoms with E-state index in [9.17, 15) is 0 Å². The standard InChI is InChI=1S/C24H34N4/c1-20-6-4-9-24(16-20)28-14-10-22(11-15-28)26-23-8-2-3-13-27(19-23)18-21-7-5-12-25-17-21/h4-7,9,12,16-17,22-23,26H,2-3,8,10-11,13-15,18-19H2,1H3/t23-/m1/s1. The fourth-order valence-corrected chi connectivity index (χ4v) is 4.71. The van der Waals surface area contributed by atoms with Crippen LogP contribution in [0.4, 0.5) is 5.69 Å². The van der Waals surface area contributed by atoms with E-state index < -0.39 is 0 Å². The first-order valence-corrected chi connectivity index (χ1v) is 11.0. The molecular weight excluding hydrogens is 344 g/mol. The monoisotopic (exact) mass is 378 g/mol. The van der Waals surface area contributed by atoms with Gasteiger partial charge in [0.25, 0.3) is 0 Å². The molecule has 1 atom stereocenters. The summed E-state index contributed by atoms with van der Waals surface area (Å²) in [7, 11) is 0. The van der Waals surface area contributed by atoms with E-state index in [0.29, 0.717) is 12.1 Å². The minimum atomic E-state index is 0.620. The van der Waals surface area contributed by atoms with Gasteiger partial charge in [-0.15, -0.1) is 0 Å². The molecule has 0 bridgehead atoms. The first-order chi connectivity index (χ1) is 13.8. The second-order valence-corrected chi connectivity index (χ2v) is 8.56. The third-order valence-electron chi connectivity index (χ3n) is 6.22. The average molecular weight is 379 g/mol.